The number of aromatic amines is 1. The molecule has 2 aromatic heterocycles. The van der Waals surface area contributed by atoms with Gasteiger partial charge in [-0.2, -0.15) is 0 Å². The number of amides is 2. The van der Waals surface area contributed by atoms with Crippen LogP contribution in [-0.2, 0) is 22.7 Å². The molecule has 4 heterocycles. The first-order valence-corrected chi connectivity index (χ1v) is 19.6. The van der Waals surface area contributed by atoms with Crippen LogP contribution in [0, 0.1) is 6.92 Å². The predicted octanol–water partition coefficient (Wildman–Crippen LogP) is 6.20. The molecule has 2 aliphatic heterocycles. The second kappa shape index (κ2) is 17.7. The smallest absolute Gasteiger partial charge is 0.263 e. The molecular weight excluding hydrogens is 681 g/mol. The summed E-state index contributed by atoms with van der Waals surface area (Å²) in [6, 6.07) is 23.7. The molecule has 2 aromatic carbocycles. The van der Waals surface area contributed by atoms with Crippen molar-refractivity contribution in [2.24, 2.45) is 0 Å². The van der Waals surface area contributed by atoms with Gasteiger partial charge in [0, 0.05) is 49.3 Å². The molecule has 8 rings (SSSR count). The molecule has 0 bridgehead atoms. The third-order valence-corrected chi connectivity index (χ3v) is 10.8. The highest BCUT2D eigenvalue weighted by atomic mass is 16.5. The molecule has 11 nitrogen and oxygen atoms in total. The molecule has 0 radical (unpaired) electrons. The standard InChI is InChI=1S/C22H27N3O2.C21H25N3O3/c1-16-11-12-17(13-23-16)14-25-15-21(27-20-10-6-5-9-19(20)25)22(26)24-18-7-3-2-4-8-18;25-20-11-10-15(12-22-20)13-24-14-19(27-18-9-5-4-8-17(18)24)21(26)23-16-6-2-1-3-7-16/h5-6,9-13,18,21H,2-4,7-8,14-15H2,1H3,(H,24,26);4-5,8-12,16,19H,1-3,6-7,13-14H2,(H,22,25)(H,23,26). The molecule has 284 valence electrons. The summed E-state index contributed by atoms with van der Waals surface area (Å²) in [4.78, 5) is 48.4. The third kappa shape index (κ3) is 9.61. The zero-order valence-corrected chi connectivity index (χ0v) is 31.2. The maximum atomic E-state index is 12.8. The number of hydrogen-bond donors (Lipinski definition) is 3. The van der Waals surface area contributed by atoms with E-state index in [9.17, 15) is 14.4 Å². The molecule has 2 saturated carbocycles. The Morgan fingerprint density at radius 1 is 0.685 bits per heavy atom. The molecule has 2 aliphatic carbocycles. The van der Waals surface area contributed by atoms with Crippen molar-refractivity contribution in [3.8, 4) is 11.5 Å². The number of carbonyl (C=O) groups is 2. The number of benzene rings is 2. The third-order valence-electron chi connectivity index (χ3n) is 10.8. The fourth-order valence-electron chi connectivity index (χ4n) is 7.84. The summed E-state index contributed by atoms with van der Waals surface area (Å²) in [6.45, 7) is 4.32. The van der Waals surface area contributed by atoms with E-state index in [2.05, 4.69) is 36.5 Å². The van der Waals surface area contributed by atoms with Crippen LogP contribution in [0.1, 0.15) is 81.0 Å². The second-order valence-corrected chi connectivity index (χ2v) is 15.0. The molecule has 2 fully saturated rings. The number of carbonyl (C=O) groups excluding carboxylic acids is 2. The van der Waals surface area contributed by atoms with E-state index >= 15 is 0 Å². The highest BCUT2D eigenvalue weighted by Crippen LogP contribution is 2.35. The number of fused-ring (bicyclic) bond motifs is 2. The van der Waals surface area contributed by atoms with E-state index < -0.39 is 12.2 Å². The van der Waals surface area contributed by atoms with Crippen molar-refractivity contribution in [2.45, 2.75) is 109 Å². The second-order valence-electron chi connectivity index (χ2n) is 15.0. The number of ether oxygens (including phenoxy) is 2. The number of nitrogens with one attached hydrogen (secondary N) is 3. The zero-order valence-electron chi connectivity index (χ0n) is 31.2. The zero-order chi connectivity index (χ0) is 37.3. The van der Waals surface area contributed by atoms with Gasteiger partial charge in [-0.25, -0.2) is 0 Å². The quantitative estimate of drug-likeness (QED) is 0.196. The number of anilines is 2. The van der Waals surface area contributed by atoms with Crippen molar-refractivity contribution in [1.29, 1.82) is 0 Å². The Hall–Kier alpha value is -5.32. The van der Waals surface area contributed by atoms with Crippen molar-refractivity contribution in [3.05, 3.63) is 112 Å². The lowest BCUT2D eigenvalue weighted by Crippen LogP contribution is -2.51. The maximum Gasteiger partial charge on any atom is 0.263 e. The minimum Gasteiger partial charge on any atom is -0.477 e. The van der Waals surface area contributed by atoms with Crippen LogP contribution >= 0.6 is 0 Å². The normalized spacial score (nSPS) is 19.9. The fraction of sp³-hybridized carbons (Fsp3) is 0.442. The van der Waals surface area contributed by atoms with Crippen LogP contribution in [0.5, 0.6) is 11.5 Å². The van der Waals surface area contributed by atoms with Crippen molar-refractivity contribution < 1.29 is 19.1 Å². The Bertz CT molecular complexity index is 1900. The molecule has 3 N–H and O–H groups in total. The number of pyridine rings is 2. The molecule has 4 aliphatic rings. The van der Waals surface area contributed by atoms with Crippen LogP contribution in [0.15, 0.2) is 90.0 Å². The summed E-state index contributed by atoms with van der Waals surface area (Å²) >= 11 is 0. The molecule has 0 spiro atoms. The van der Waals surface area contributed by atoms with Crippen molar-refractivity contribution in [1.82, 2.24) is 20.6 Å². The molecule has 4 aromatic rings. The summed E-state index contributed by atoms with van der Waals surface area (Å²) in [5, 5.41) is 6.38. The van der Waals surface area contributed by atoms with Gasteiger partial charge in [-0.05, 0) is 74.1 Å². The summed E-state index contributed by atoms with van der Waals surface area (Å²) < 4.78 is 12.1. The first-order chi connectivity index (χ1) is 26.4. The number of nitrogens with zero attached hydrogens (tertiary/aromatic N) is 3. The van der Waals surface area contributed by atoms with E-state index in [0.717, 1.165) is 65.4 Å². The summed E-state index contributed by atoms with van der Waals surface area (Å²) in [6.07, 6.45) is 14.2. The minimum absolute atomic E-state index is 0.00318. The average Bonchev–Trinajstić information content (AvgIpc) is 3.20. The fourth-order valence-corrected chi connectivity index (χ4v) is 7.84. The molecular formula is C43H52N6O5. The summed E-state index contributed by atoms with van der Waals surface area (Å²) in [5.74, 6) is 1.45. The molecule has 2 unspecified atom stereocenters. The van der Waals surface area contributed by atoms with Gasteiger partial charge >= 0.3 is 0 Å². The molecule has 54 heavy (non-hydrogen) atoms. The molecule has 0 saturated heterocycles. The first kappa shape index (κ1) is 37.0. The monoisotopic (exact) mass is 732 g/mol. The minimum atomic E-state index is -0.537. The average molecular weight is 733 g/mol. The van der Waals surface area contributed by atoms with E-state index in [0.29, 0.717) is 32.2 Å². The number of hydrogen-bond acceptors (Lipinski definition) is 8. The number of aryl methyl sites for hydroxylation is 1. The Morgan fingerprint density at radius 2 is 1.19 bits per heavy atom. The Morgan fingerprint density at radius 3 is 1.67 bits per heavy atom. The molecule has 2 atom stereocenters. The van der Waals surface area contributed by atoms with Gasteiger partial charge in [0.1, 0.15) is 11.5 Å². The van der Waals surface area contributed by atoms with Crippen LogP contribution in [0.2, 0.25) is 0 Å². The van der Waals surface area contributed by atoms with Gasteiger partial charge in [0.25, 0.3) is 11.8 Å². The van der Waals surface area contributed by atoms with Crippen molar-refractivity contribution in [2.75, 3.05) is 22.9 Å². The summed E-state index contributed by atoms with van der Waals surface area (Å²) in [5.41, 5.74) is 4.99. The lowest BCUT2D eigenvalue weighted by molar-refractivity contribution is -0.129. The van der Waals surface area contributed by atoms with Crippen LogP contribution in [-0.4, -0.2) is 59.2 Å². The van der Waals surface area contributed by atoms with Crippen LogP contribution in [0.3, 0.4) is 0 Å². The molecule has 2 amide bonds. The van der Waals surface area contributed by atoms with Gasteiger partial charge < -0.3 is 34.9 Å². The van der Waals surface area contributed by atoms with E-state index in [-0.39, 0.29) is 23.4 Å². The van der Waals surface area contributed by atoms with E-state index in [1.54, 1.807) is 6.20 Å². The van der Waals surface area contributed by atoms with Gasteiger partial charge in [-0.1, -0.05) is 74.9 Å². The van der Waals surface area contributed by atoms with E-state index in [1.807, 2.05) is 73.8 Å². The highest BCUT2D eigenvalue weighted by Gasteiger charge is 2.33. The SMILES string of the molecule is Cc1ccc(CN2CC(C(=O)NC3CCCCC3)Oc3ccccc32)cn1.O=C(NC1CCCCC1)C1CN(Cc2ccc(=O)[nH]c2)c2ccccc2O1. The van der Waals surface area contributed by atoms with Gasteiger partial charge in [-0.15, -0.1) is 0 Å². The number of H-pyrrole nitrogens is 1. The van der Waals surface area contributed by atoms with Crippen molar-refractivity contribution in [3.63, 3.8) is 0 Å². The predicted molar refractivity (Wildman–Crippen MR) is 210 cm³/mol. The Labute approximate surface area is 317 Å². The number of rotatable bonds is 8. The highest BCUT2D eigenvalue weighted by molar-refractivity contribution is 5.84. The number of aromatic nitrogens is 2. The van der Waals surface area contributed by atoms with E-state index in [4.69, 9.17) is 9.47 Å². The lowest BCUT2D eigenvalue weighted by Gasteiger charge is -2.36. The maximum absolute atomic E-state index is 12.8. The van der Waals surface area contributed by atoms with Gasteiger partial charge in [-0.3, -0.25) is 19.4 Å². The van der Waals surface area contributed by atoms with Gasteiger partial charge in [0.05, 0.1) is 24.5 Å². The van der Waals surface area contributed by atoms with Crippen LogP contribution < -0.4 is 35.5 Å². The number of para-hydroxylation sites is 4. The van der Waals surface area contributed by atoms with Gasteiger partial charge in [0.15, 0.2) is 12.2 Å². The summed E-state index contributed by atoms with van der Waals surface area (Å²) in [7, 11) is 0. The lowest BCUT2D eigenvalue weighted by atomic mass is 9.95. The van der Waals surface area contributed by atoms with Gasteiger partial charge in [0.2, 0.25) is 5.56 Å². The van der Waals surface area contributed by atoms with Crippen LogP contribution in [0.25, 0.3) is 0 Å². The largest absolute Gasteiger partial charge is 0.477 e. The Kier molecular flexibility index (Phi) is 12.1. The van der Waals surface area contributed by atoms with E-state index in [1.165, 1.54) is 44.6 Å². The topological polar surface area (TPSA) is 129 Å². The first-order valence-electron chi connectivity index (χ1n) is 19.6. The Balaban J connectivity index is 0.000000167. The van der Waals surface area contributed by atoms with Crippen LogP contribution in [0.4, 0.5) is 11.4 Å². The molecule has 11 heteroatoms. The van der Waals surface area contributed by atoms with Crippen molar-refractivity contribution >= 4 is 23.2 Å².